The first-order valence-electron chi connectivity index (χ1n) is 7.67. The fourth-order valence-corrected chi connectivity index (χ4v) is 4.48. The number of sulfonamides is 2. The zero-order chi connectivity index (χ0) is 18.0. The fraction of sp³-hybridized carbons (Fsp3) is 0.571. The Morgan fingerprint density at radius 2 is 1.96 bits per heavy atom. The summed E-state index contributed by atoms with van der Waals surface area (Å²) in [6, 6.07) is 2.90. The van der Waals surface area contributed by atoms with Crippen LogP contribution in [0.3, 0.4) is 0 Å². The van der Waals surface area contributed by atoms with Crippen LogP contribution in [0.15, 0.2) is 23.1 Å². The normalized spacial score (nSPS) is 21.4. The highest BCUT2D eigenvalue weighted by Crippen LogP contribution is 2.21. The Hall–Kier alpha value is -0.940. The lowest BCUT2D eigenvalue weighted by Crippen LogP contribution is -2.48. The first-order chi connectivity index (χ1) is 11.1. The second kappa shape index (κ2) is 8.63. The third-order valence-electron chi connectivity index (χ3n) is 3.99. The molecule has 0 amide bonds. The topological polar surface area (TPSA) is 104 Å². The van der Waals surface area contributed by atoms with E-state index in [1.165, 1.54) is 13.0 Å². The van der Waals surface area contributed by atoms with E-state index in [1.54, 1.807) is 0 Å². The van der Waals surface area contributed by atoms with E-state index in [1.807, 2.05) is 6.92 Å². The highest BCUT2D eigenvalue weighted by atomic mass is 35.5. The van der Waals surface area contributed by atoms with Crippen molar-refractivity contribution in [2.75, 3.05) is 23.6 Å². The molecule has 0 spiro atoms. The van der Waals surface area contributed by atoms with Gasteiger partial charge in [-0.1, -0.05) is 6.92 Å². The number of halogens is 2. The molecule has 1 heterocycles. The summed E-state index contributed by atoms with van der Waals surface area (Å²) in [6.07, 6.45) is 0.650. The Kier molecular flexibility index (Phi) is 7.63. The molecule has 1 aliphatic rings. The molecule has 0 bridgehead atoms. The van der Waals surface area contributed by atoms with Crippen LogP contribution in [0.25, 0.3) is 0 Å². The zero-order valence-corrected chi connectivity index (χ0v) is 16.4. The molecule has 3 N–H and O–H groups in total. The van der Waals surface area contributed by atoms with Crippen molar-refractivity contribution < 1.29 is 21.2 Å². The fourth-order valence-electron chi connectivity index (χ4n) is 2.44. The van der Waals surface area contributed by atoms with Crippen molar-refractivity contribution in [1.82, 2.24) is 10.0 Å². The molecule has 144 valence electrons. The van der Waals surface area contributed by atoms with Crippen LogP contribution in [0, 0.1) is 11.7 Å². The van der Waals surface area contributed by atoms with Gasteiger partial charge in [0.05, 0.1) is 16.3 Å². The molecule has 1 saturated heterocycles. The molecule has 2 rings (SSSR count). The minimum absolute atomic E-state index is 0. The number of rotatable bonds is 6. The molecule has 1 aromatic carbocycles. The maximum absolute atomic E-state index is 14.1. The third-order valence-corrected chi connectivity index (χ3v) is 6.77. The van der Waals surface area contributed by atoms with Gasteiger partial charge in [-0.25, -0.2) is 25.9 Å². The quantitative estimate of drug-likeness (QED) is 0.649. The second-order valence-corrected chi connectivity index (χ2v) is 9.57. The lowest BCUT2D eigenvalue weighted by molar-refractivity contribution is 0.328. The zero-order valence-electron chi connectivity index (χ0n) is 14.0. The van der Waals surface area contributed by atoms with Crippen molar-refractivity contribution in [2.24, 2.45) is 5.92 Å². The van der Waals surface area contributed by atoms with Crippen LogP contribution in [0.4, 0.5) is 10.1 Å². The number of piperidine rings is 1. The van der Waals surface area contributed by atoms with E-state index in [9.17, 15) is 21.2 Å². The van der Waals surface area contributed by atoms with E-state index in [4.69, 9.17) is 0 Å². The predicted octanol–water partition coefficient (Wildman–Crippen LogP) is 1.29. The minimum atomic E-state index is -3.88. The molecule has 1 fully saturated rings. The van der Waals surface area contributed by atoms with Gasteiger partial charge in [-0.15, -0.1) is 12.4 Å². The van der Waals surface area contributed by atoms with Crippen LogP contribution in [0.2, 0.25) is 0 Å². The molecule has 1 aliphatic heterocycles. The number of nitrogens with one attached hydrogen (secondary N) is 3. The van der Waals surface area contributed by atoms with Crippen molar-refractivity contribution in [3.05, 3.63) is 24.0 Å². The largest absolute Gasteiger partial charge is 0.316 e. The first-order valence-corrected chi connectivity index (χ1v) is 10.8. The van der Waals surface area contributed by atoms with Gasteiger partial charge < -0.3 is 5.32 Å². The van der Waals surface area contributed by atoms with Crippen molar-refractivity contribution in [1.29, 1.82) is 0 Å². The molecule has 7 nitrogen and oxygen atoms in total. The third kappa shape index (κ3) is 5.78. The number of hydrogen-bond acceptors (Lipinski definition) is 5. The van der Waals surface area contributed by atoms with E-state index in [-0.39, 0.29) is 40.7 Å². The second-order valence-electron chi connectivity index (χ2n) is 5.85. The lowest BCUT2D eigenvalue weighted by atomic mass is 9.97. The molecule has 0 aliphatic carbocycles. The molecule has 0 aromatic heterocycles. The van der Waals surface area contributed by atoms with Gasteiger partial charge in [-0.2, -0.15) is 0 Å². The summed E-state index contributed by atoms with van der Waals surface area (Å²) in [6.45, 7) is 4.77. The Morgan fingerprint density at radius 3 is 2.52 bits per heavy atom. The molecule has 0 radical (unpaired) electrons. The Morgan fingerprint density at radius 1 is 1.28 bits per heavy atom. The van der Waals surface area contributed by atoms with Crippen molar-refractivity contribution in [3.8, 4) is 0 Å². The van der Waals surface area contributed by atoms with Gasteiger partial charge in [0.1, 0.15) is 5.82 Å². The summed E-state index contributed by atoms with van der Waals surface area (Å²) in [5.74, 6) is -1.02. The van der Waals surface area contributed by atoms with Crippen LogP contribution in [-0.4, -0.2) is 41.7 Å². The molecule has 2 atom stereocenters. The van der Waals surface area contributed by atoms with Gasteiger partial charge in [-0.05, 0) is 50.6 Å². The Bertz CT molecular complexity index is 802. The number of hydrogen-bond donors (Lipinski definition) is 3. The predicted molar refractivity (Wildman–Crippen MR) is 97.5 cm³/mol. The van der Waals surface area contributed by atoms with Gasteiger partial charge in [0, 0.05) is 6.04 Å². The number of anilines is 1. The van der Waals surface area contributed by atoms with Crippen LogP contribution < -0.4 is 14.8 Å². The summed E-state index contributed by atoms with van der Waals surface area (Å²) in [5.41, 5.74) is -0.272. The van der Waals surface area contributed by atoms with E-state index in [2.05, 4.69) is 14.8 Å². The smallest absolute Gasteiger partial charge is 0.240 e. The SMILES string of the molecule is CCS(=O)(=O)Nc1ccc(S(=O)(=O)NC2CCNCC2C)cc1F.Cl. The van der Waals surface area contributed by atoms with E-state index in [0.29, 0.717) is 19.5 Å². The summed E-state index contributed by atoms with van der Waals surface area (Å²) in [4.78, 5) is -0.231. The maximum atomic E-state index is 14.1. The molecule has 11 heteroatoms. The first kappa shape index (κ1) is 22.1. The molecular formula is C14H23ClFN3O4S2. The molecule has 0 saturated carbocycles. The molecule has 25 heavy (non-hydrogen) atoms. The average Bonchev–Trinajstić information content (AvgIpc) is 2.51. The highest BCUT2D eigenvalue weighted by molar-refractivity contribution is 7.92. The lowest BCUT2D eigenvalue weighted by Gasteiger charge is -2.29. The molecule has 1 aromatic rings. The van der Waals surface area contributed by atoms with Gasteiger partial charge in [0.2, 0.25) is 20.0 Å². The van der Waals surface area contributed by atoms with Crippen molar-refractivity contribution in [3.63, 3.8) is 0 Å². The Labute approximate surface area is 154 Å². The molecular weight excluding hydrogens is 393 g/mol. The summed E-state index contributed by atoms with van der Waals surface area (Å²) < 4.78 is 66.5. The van der Waals surface area contributed by atoms with Crippen LogP contribution in [-0.2, 0) is 20.0 Å². The van der Waals surface area contributed by atoms with Gasteiger partial charge >= 0.3 is 0 Å². The summed E-state index contributed by atoms with van der Waals surface area (Å²) in [5, 5.41) is 3.17. The molecule has 2 unspecified atom stereocenters. The van der Waals surface area contributed by atoms with Gasteiger partial charge in [0.25, 0.3) is 0 Å². The Balaban J connectivity index is 0.00000312. The number of benzene rings is 1. The minimum Gasteiger partial charge on any atom is -0.316 e. The highest BCUT2D eigenvalue weighted by Gasteiger charge is 2.27. The van der Waals surface area contributed by atoms with Gasteiger partial charge in [-0.3, -0.25) is 4.72 Å². The van der Waals surface area contributed by atoms with Crippen LogP contribution in [0.5, 0.6) is 0 Å². The average molecular weight is 416 g/mol. The maximum Gasteiger partial charge on any atom is 0.240 e. The van der Waals surface area contributed by atoms with Crippen molar-refractivity contribution in [2.45, 2.75) is 31.2 Å². The van der Waals surface area contributed by atoms with Crippen LogP contribution in [0.1, 0.15) is 20.3 Å². The van der Waals surface area contributed by atoms with Gasteiger partial charge in [0.15, 0.2) is 0 Å². The monoisotopic (exact) mass is 415 g/mol. The summed E-state index contributed by atoms with van der Waals surface area (Å²) in [7, 11) is -7.51. The van der Waals surface area contributed by atoms with Crippen LogP contribution >= 0.6 is 12.4 Å². The van der Waals surface area contributed by atoms with E-state index < -0.39 is 25.9 Å². The van der Waals surface area contributed by atoms with Crippen molar-refractivity contribution >= 4 is 38.1 Å². The summed E-state index contributed by atoms with van der Waals surface area (Å²) >= 11 is 0. The van der Waals surface area contributed by atoms with E-state index >= 15 is 0 Å². The van der Waals surface area contributed by atoms with E-state index in [0.717, 1.165) is 12.1 Å². The standard InChI is InChI=1S/C14H22FN3O4S2.ClH/c1-3-23(19,20)17-14-5-4-11(8-12(14)15)24(21,22)18-13-6-7-16-9-10(13)2;/h4-5,8,10,13,16-18H,3,6-7,9H2,1-2H3;1H.